The second-order valence-corrected chi connectivity index (χ2v) is 8.43. The number of hydrogen-bond acceptors (Lipinski definition) is 7. The average molecular weight is 414 g/mol. The van der Waals surface area contributed by atoms with Crippen molar-refractivity contribution in [3.63, 3.8) is 0 Å². The third kappa shape index (κ3) is 3.98. The Balaban J connectivity index is 1.57. The van der Waals surface area contributed by atoms with Crippen molar-refractivity contribution in [3.8, 4) is 5.88 Å². The van der Waals surface area contributed by atoms with Crippen LogP contribution < -0.4 is 9.64 Å². The summed E-state index contributed by atoms with van der Waals surface area (Å²) in [7, 11) is 0. The first kappa shape index (κ1) is 19.2. The predicted molar refractivity (Wildman–Crippen MR) is 97.2 cm³/mol. The third-order valence-corrected chi connectivity index (χ3v) is 5.94. The molecule has 1 unspecified atom stereocenters. The number of amides is 1. The van der Waals surface area contributed by atoms with E-state index < -0.39 is 36.9 Å². The standard InChI is InChI=1S/C17H20F2N4O4S/c18-17(19)8-22(9-17)13-14(27-6-10-1-2-10)21-11(5-20-13)15(24)23-3-4-28-7-12(23)16(25)26/h5,10,12H,1-4,6-9H2,(H,25,26). The van der Waals surface area contributed by atoms with E-state index in [0.717, 1.165) is 12.8 Å². The van der Waals surface area contributed by atoms with Gasteiger partial charge in [0.1, 0.15) is 6.04 Å². The minimum atomic E-state index is -2.77. The average Bonchev–Trinajstić information content (AvgIpc) is 3.48. The normalized spacial score (nSPS) is 23.9. The molecule has 0 aromatic carbocycles. The molecule has 28 heavy (non-hydrogen) atoms. The highest BCUT2D eigenvalue weighted by atomic mass is 32.2. The number of anilines is 1. The van der Waals surface area contributed by atoms with Crippen LogP contribution in [-0.4, -0.2) is 81.6 Å². The molecular formula is C17H20F2N4O4S. The van der Waals surface area contributed by atoms with Gasteiger partial charge in [-0.25, -0.2) is 23.5 Å². The lowest BCUT2D eigenvalue weighted by molar-refractivity contribution is -0.141. The van der Waals surface area contributed by atoms with E-state index in [1.807, 2.05) is 0 Å². The molecule has 3 fully saturated rings. The Bertz CT molecular complexity index is 784. The number of aliphatic carboxylic acids is 1. The maximum absolute atomic E-state index is 13.2. The van der Waals surface area contributed by atoms with Crippen molar-refractivity contribution in [1.82, 2.24) is 14.9 Å². The molecule has 0 bridgehead atoms. The quantitative estimate of drug-likeness (QED) is 0.746. The molecule has 11 heteroatoms. The van der Waals surface area contributed by atoms with E-state index in [9.17, 15) is 23.5 Å². The van der Waals surface area contributed by atoms with E-state index in [2.05, 4.69) is 9.97 Å². The van der Waals surface area contributed by atoms with E-state index in [0.29, 0.717) is 30.6 Å². The molecule has 3 heterocycles. The molecule has 3 aliphatic rings. The summed E-state index contributed by atoms with van der Waals surface area (Å²) in [6.45, 7) is -0.263. The van der Waals surface area contributed by atoms with Crippen LogP contribution in [-0.2, 0) is 4.79 Å². The second-order valence-electron chi connectivity index (χ2n) is 7.28. The van der Waals surface area contributed by atoms with Gasteiger partial charge < -0.3 is 19.6 Å². The van der Waals surface area contributed by atoms with Gasteiger partial charge in [0, 0.05) is 18.1 Å². The minimum Gasteiger partial charge on any atom is -0.480 e. The van der Waals surface area contributed by atoms with E-state index in [4.69, 9.17) is 4.74 Å². The predicted octanol–water partition coefficient (Wildman–Crippen LogP) is 1.36. The smallest absolute Gasteiger partial charge is 0.327 e. The molecule has 1 aromatic heterocycles. The van der Waals surface area contributed by atoms with Gasteiger partial charge in [-0.15, -0.1) is 0 Å². The topological polar surface area (TPSA) is 95.9 Å². The van der Waals surface area contributed by atoms with E-state index in [-0.39, 0.29) is 17.4 Å². The Kier molecular flexibility index (Phi) is 5.02. The molecule has 0 radical (unpaired) electrons. The van der Waals surface area contributed by atoms with Gasteiger partial charge in [0.25, 0.3) is 17.7 Å². The van der Waals surface area contributed by atoms with Crippen LogP contribution in [0.1, 0.15) is 23.3 Å². The van der Waals surface area contributed by atoms with Crippen molar-refractivity contribution in [2.45, 2.75) is 24.8 Å². The van der Waals surface area contributed by atoms with E-state index >= 15 is 0 Å². The molecule has 1 aliphatic carbocycles. The number of aromatic nitrogens is 2. The maximum Gasteiger partial charge on any atom is 0.327 e. The molecular weight excluding hydrogens is 394 g/mol. The zero-order valence-corrected chi connectivity index (χ0v) is 15.8. The van der Waals surface area contributed by atoms with Crippen LogP contribution in [0.4, 0.5) is 14.6 Å². The highest BCUT2D eigenvalue weighted by Crippen LogP contribution is 2.36. The van der Waals surface area contributed by atoms with Crippen molar-refractivity contribution in [2.24, 2.45) is 5.92 Å². The number of ether oxygens (including phenoxy) is 1. The highest BCUT2D eigenvalue weighted by Gasteiger charge is 2.46. The Morgan fingerprint density at radius 2 is 2.11 bits per heavy atom. The summed E-state index contributed by atoms with van der Waals surface area (Å²) in [5, 5.41) is 9.37. The number of nitrogens with zero attached hydrogens (tertiary/aromatic N) is 4. The fraction of sp³-hybridized carbons (Fsp3) is 0.647. The van der Waals surface area contributed by atoms with Gasteiger partial charge in [-0.1, -0.05) is 0 Å². The van der Waals surface area contributed by atoms with E-state index in [1.165, 1.54) is 27.8 Å². The fourth-order valence-corrected chi connectivity index (χ4v) is 4.16. The molecule has 1 saturated carbocycles. The Labute approximate surface area is 164 Å². The lowest BCUT2D eigenvalue weighted by atomic mass is 10.1. The molecule has 1 aromatic rings. The molecule has 1 atom stereocenters. The summed E-state index contributed by atoms with van der Waals surface area (Å²) in [6.07, 6.45) is 3.28. The maximum atomic E-state index is 13.2. The van der Waals surface area contributed by atoms with Gasteiger partial charge in [-0.2, -0.15) is 11.8 Å². The molecule has 2 saturated heterocycles. The van der Waals surface area contributed by atoms with Gasteiger partial charge in [0.15, 0.2) is 11.5 Å². The Hall–Kier alpha value is -2.17. The molecule has 0 spiro atoms. The lowest BCUT2D eigenvalue weighted by Crippen LogP contribution is -2.56. The first-order valence-corrected chi connectivity index (χ1v) is 10.2. The number of carboxylic acids is 1. The summed E-state index contributed by atoms with van der Waals surface area (Å²) < 4.78 is 32.2. The Morgan fingerprint density at radius 3 is 2.75 bits per heavy atom. The zero-order valence-electron chi connectivity index (χ0n) is 15.0. The number of carbonyl (C=O) groups is 2. The second kappa shape index (κ2) is 7.34. The van der Waals surface area contributed by atoms with Crippen LogP contribution in [0.2, 0.25) is 0 Å². The number of thioether (sulfide) groups is 1. The van der Waals surface area contributed by atoms with Crippen LogP contribution in [0, 0.1) is 5.92 Å². The van der Waals surface area contributed by atoms with Gasteiger partial charge in [-0.05, 0) is 18.8 Å². The molecule has 4 rings (SSSR count). The largest absolute Gasteiger partial charge is 0.480 e. The molecule has 1 N–H and O–H groups in total. The third-order valence-electron chi connectivity index (χ3n) is 4.91. The number of hydrogen-bond donors (Lipinski definition) is 1. The number of carbonyl (C=O) groups excluding carboxylic acids is 1. The number of alkyl halides is 2. The minimum absolute atomic E-state index is 0.0417. The SMILES string of the molecule is O=C(O)C1CSCCN1C(=O)c1cnc(N2CC(F)(F)C2)c(OCC2CC2)n1. The zero-order chi connectivity index (χ0) is 19.9. The summed E-state index contributed by atoms with van der Waals surface area (Å²) in [4.78, 5) is 35.3. The van der Waals surface area contributed by atoms with E-state index in [1.54, 1.807) is 0 Å². The highest BCUT2D eigenvalue weighted by molar-refractivity contribution is 7.99. The van der Waals surface area contributed by atoms with Crippen molar-refractivity contribution < 1.29 is 28.2 Å². The lowest BCUT2D eigenvalue weighted by Gasteiger charge is -2.39. The monoisotopic (exact) mass is 414 g/mol. The van der Waals surface area contributed by atoms with Crippen LogP contribution in [0.15, 0.2) is 6.20 Å². The van der Waals surface area contributed by atoms with Crippen molar-refractivity contribution in [3.05, 3.63) is 11.9 Å². The molecule has 1 amide bonds. The van der Waals surface area contributed by atoms with Gasteiger partial charge >= 0.3 is 5.97 Å². The number of rotatable bonds is 6. The summed E-state index contributed by atoms with van der Waals surface area (Å²) in [5.74, 6) is -2.81. The Morgan fingerprint density at radius 1 is 1.36 bits per heavy atom. The van der Waals surface area contributed by atoms with Crippen molar-refractivity contribution in [1.29, 1.82) is 0 Å². The number of carboxylic acid groups (broad SMARTS) is 1. The van der Waals surface area contributed by atoms with Crippen LogP contribution in [0.3, 0.4) is 0 Å². The summed E-state index contributed by atoms with van der Waals surface area (Å²) >= 11 is 1.47. The van der Waals surface area contributed by atoms with Gasteiger partial charge in [0.2, 0.25) is 0 Å². The molecule has 8 nitrogen and oxygen atoms in total. The van der Waals surface area contributed by atoms with Gasteiger partial charge in [0.05, 0.1) is 25.9 Å². The first-order valence-electron chi connectivity index (χ1n) is 9.08. The summed E-state index contributed by atoms with van der Waals surface area (Å²) in [6, 6.07) is -0.933. The van der Waals surface area contributed by atoms with Crippen LogP contribution >= 0.6 is 11.8 Å². The van der Waals surface area contributed by atoms with Crippen LogP contribution in [0.5, 0.6) is 5.88 Å². The van der Waals surface area contributed by atoms with Crippen LogP contribution in [0.25, 0.3) is 0 Å². The molecule has 152 valence electrons. The number of halogens is 2. The molecule has 2 aliphatic heterocycles. The first-order chi connectivity index (χ1) is 13.3. The fourth-order valence-electron chi connectivity index (χ4n) is 3.12. The summed E-state index contributed by atoms with van der Waals surface area (Å²) in [5.41, 5.74) is -0.0417. The van der Waals surface area contributed by atoms with Gasteiger partial charge in [-0.3, -0.25) is 4.79 Å². The van der Waals surface area contributed by atoms with Crippen molar-refractivity contribution >= 4 is 29.5 Å². The van der Waals surface area contributed by atoms with Crippen molar-refractivity contribution in [2.75, 3.05) is 42.6 Å².